The molecule has 2 rings (SSSR count). The van der Waals surface area contributed by atoms with E-state index in [1.807, 2.05) is 6.07 Å². The third-order valence-electron chi connectivity index (χ3n) is 4.39. The number of rotatable bonds is 6. The predicted octanol–water partition coefficient (Wildman–Crippen LogP) is 3.55. The van der Waals surface area contributed by atoms with Crippen molar-refractivity contribution in [3.05, 3.63) is 21.3 Å². The highest BCUT2D eigenvalue weighted by Crippen LogP contribution is 2.40. The lowest BCUT2D eigenvalue weighted by Gasteiger charge is -2.47. The molecule has 0 bridgehead atoms. The Morgan fingerprint density at radius 2 is 2.15 bits per heavy atom. The molecule has 1 aliphatic rings. The summed E-state index contributed by atoms with van der Waals surface area (Å²) in [5, 5.41) is 6.62. The van der Waals surface area contributed by atoms with Crippen LogP contribution >= 0.6 is 22.9 Å². The molecule has 20 heavy (non-hydrogen) atoms. The number of ether oxygens (including phenoxy) is 1. The van der Waals surface area contributed by atoms with Crippen LogP contribution in [-0.4, -0.2) is 43.3 Å². The standard InChI is InChI=1S/C15H25ClN2OS/c1-4-15(3,18-7-9-19-10-8-18)14(17-5-2)13-12(16)6-11-20-13/h6,11,14,17H,4-5,7-10H2,1-3H3. The summed E-state index contributed by atoms with van der Waals surface area (Å²) in [7, 11) is 0. The lowest BCUT2D eigenvalue weighted by Crippen LogP contribution is -2.57. The van der Waals surface area contributed by atoms with Crippen LogP contribution in [0.4, 0.5) is 0 Å². The average molecular weight is 317 g/mol. The van der Waals surface area contributed by atoms with E-state index >= 15 is 0 Å². The van der Waals surface area contributed by atoms with E-state index in [4.69, 9.17) is 16.3 Å². The highest BCUT2D eigenvalue weighted by molar-refractivity contribution is 7.10. The highest BCUT2D eigenvalue weighted by Gasteiger charge is 2.40. The zero-order valence-corrected chi connectivity index (χ0v) is 14.2. The Morgan fingerprint density at radius 1 is 1.45 bits per heavy atom. The third-order valence-corrected chi connectivity index (χ3v) is 5.81. The molecule has 0 amide bonds. The number of thiophene rings is 1. The molecule has 114 valence electrons. The molecule has 1 aliphatic heterocycles. The van der Waals surface area contributed by atoms with E-state index < -0.39 is 0 Å². The molecule has 5 heteroatoms. The summed E-state index contributed by atoms with van der Waals surface area (Å²) in [6, 6.07) is 2.27. The maximum absolute atomic E-state index is 6.40. The summed E-state index contributed by atoms with van der Waals surface area (Å²) in [6.07, 6.45) is 1.08. The van der Waals surface area contributed by atoms with E-state index in [0.717, 1.165) is 44.3 Å². The molecule has 1 fully saturated rings. The van der Waals surface area contributed by atoms with Crippen molar-refractivity contribution in [3.63, 3.8) is 0 Å². The fourth-order valence-corrected chi connectivity index (χ4v) is 4.38. The van der Waals surface area contributed by atoms with Gasteiger partial charge in [-0.25, -0.2) is 0 Å². The van der Waals surface area contributed by atoms with Gasteiger partial charge in [0.25, 0.3) is 0 Å². The van der Waals surface area contributed by atoms with Crippen LogP contribution in [0, 0.1) is 0 Å². The molecule has 2 atom stereocenters. The Hall–Kier alpha value is -0.130. The summed E-state index contributed by atoms with van der Waals surface area (Å²) < 4.78 is 5.51. The molecule has 1 N–H and O–H groups in total. The molecular formula is C15H25ClN2OS. The molecule has 2 heterocycles. The average Bonchev–Trinajstić information content (AvgIpc) is 2.91. The van der Waals surface area contributed by atoms with Crippen LogP contribution in [0.3, 0.4) is 0 Å². The number of hydrogen-bond acceptors (Lipinski definition) is 4. The van der Waals surface area contributed by atoms with Gasteiger partial charge in [-0.1, -0.05) is 25.4 Å². The Balaban J connectivity index is 2.30. The van der Waals surface area contributed by atoms with E-state index in [-0.39, 0.29) is 11.6 Å². The second kappa shape index (κ2) is 7.23. The number of nitrogens with zero attached hydrogens (tertiary/aromatic N) is 1. The van der Waals surface area contributed by atoms with Gasteiger partial charge in [-0.2, -0.15) is 0 Å². The SMILES string of the molecule is CCNC(c1sccc1Cl)C(C)(CC)N1CCOCC1. The molecule has 0 spiro atoms. The van der Waals surface area contributed by atoms with Crippen molar-refractivity contribution >= 4 is 22.9 Å². The monoisotopic (exact) mass is 316 g/mol. The first-order valence-electron chi connectivity index (χ1n) is 7.42. The van der Waals surface area contributed by atoms with Gasteiger partial charge in [0.1, 0.15) is 0 Å². The van der Waals surface area contributed by atoms with Gasteiger partial charge in [-0.3, -0.25) is 4.90 Å². The normalized spacial score (nSPS) is 21.6. The molecule has 2 unspecified atom stereocenters. The third kappa shape index (κ3) is 3.20. The van der Waals surface area contributed by atoms with E-state index in [0.29, 0.717) is 0 Å². The molecule has 1 aromatic heterocycles. The van der Waals surface area contributed by atoms with Crippen molar-refractivity contribution in [3.8, 4) is 0 Å². The molecule has 3 nitrogen and oxygen atoms in total. The van der Waals surface area contributed by atoms with Crippen LogP contribution in [0.15, 0.2) is 11.4 Å². The summed E-state index contributed by atoms with van der Waals surface area (Å²) in [5.41, 5.74) is 0.0638. The van der Waals surface area contributed by atoms with Crippen LogP contribution in [-0.2, 0) is 4.74 Å². The van der Waals surface area contributed by atoms with Crippen LogP contribution in [0.25, 0.3) is 0 Å². The van der Waals surface area contributed by atoms with Gasteiger partial charge in [0, 0.05) is 23.5 Å². The van der Waals surface area contributed by atoms with Crippen LogP contribution < -0.4 is 5.32 Å². The van der Waals surface area contributed by atoms with Gasteiger partial charge in [0.05, 0.1) is 24.3 Å². The fraction of sp³-hybridized carbons (Fsp3) is 0.733. The summed E-state index contributed by atoms with van der Waals surface area (Å²) in [4.78, 5) is 3.81. The Labute approximate surface area is 131 Å². The van der Waals surface area contributed by atoms with Crippen molar-refractivity contribution in [1.82, 2.24) is 10.2 Å². The van der Waals surface area contributed by atoms with Gasteiger partial charge in [0.15, 0.2) is 0 Å². The summed E-state index contributed by atoms with van der Waals surface area (Å²) in [6.45, 7) is 11.4. The predicted molar refractivity (Wildman–Crippen MR) is 86.8 cm³/mol. The van der Waals surface area contributed by atoms with Gasteiger partial charge in [-0.15, -0.1) is 11.3 Å². The van der Waals surface area contributed by atoms with Crippen molar-refractivity contribution in [2.45, 2.75) is 38.8 Å². The molecule has 0 radical (unpaired) electrons. The summed E-state index contributed by atoms with van der Waals surface area (Å²) >= 11 is 8.15. The van der Waals surface area contributed by atoms with Gasteiger partial charge in [0.2, 0.25) is 0 Å². The second-order valence-corrected chi connectivity index (χ2v) is 6.79. The number of halogens is 1. The molecule has 0 aliphatic carbocycles. The molecular weight excluding hydrogens is 292 g/mol. The van der Waals surface area contributed by atoms with E-state index in [1.54, 1.807) is 11.3 Å². The van der Waals surface area contributed by atoms with Crippen molar-refractivity contribution in [2.24, 2.45) is 0 Å². The Kier molecular flexibility index (Phi) is 5.87. The lowest BCUT2D eigenvalue weighted by molar-refractivity contribution is -0.0322. The minimum Gasteiger partial charge on any atom is -0.379 e. The molecule has 1 saturated heterocycles. The van der Waals surface area contributed by atoms with Gasteiger partial charge in [-0.05, 0) is 31.3 Å². The van der Waals surface area contributed by atoms with Crippen molar-refractivity contribution < 1.29 is 4.74 Å². The zero-order valence-electron chi connectivity index (χ0n) is 12.6. The second-order valence-electron chi connectivity index (χ2n) is 5.43. The first kappa shape index (κ1) is 16.2. The number of morpholine rings is 1. The largest absolute Gasteiger partial charge is 0.379 e. The first-order valence-corrected chi connectivity index (χ1v) is 8.68. The van der Waals surface area contributed by atoms with Crippen LogP contribution in [0.1, 0.15) is 38.1 Å². The van der Waals surface area contributed by atoms with Crippen molar-refractivity contribution in [2.75, 3.05) is 32.8 Å². The van der Waals surface area contributed by atoms with Crippen molar-refractivity contribution in [1.29, 1.82) is 0 Å². The topological polar surface area (TPSA) is 24.5 Å². The minimum absolute atomic E-state index is 0.0638. The number of likely N-dealkylation sites (N-methyl/N-ethyl adjacent to an activating group) is 1. The van der Waals surface area contributed by atoms with E-state index in [9.17, 15) is 0 Å². The quantitative estimate of drug-likeness (QED) is 0.868. The van der Waals surface area contributed by atoms with Gasteiger partial charge < -0.3 is 10.1 Å². The smallest absolute Gasteiger partial charge is 0.0614 e. The van der Waals surface area contributed by atoms with Crippen LogP contribution in [0.2, 0.25) is 5.02 Å². The molecule has 0 saturated carbocycles. The summed E-state index contributed by atoms with van der Waals surface area (Å²) in [5.74, 6) is 0. The lowest BCUT2D eigenvalue weighted by atomic mass is 9.85. The molecule has 1 aromatic rings. The maximum atomic E-state index is 6.40. The minimum atomic E-state index is 0.0638. The highest BCUT2D eigenvalue weighted by atomic mass is 35.5. The first-order chi connectivity index (χ1) is 9.63. The molecule has 0 aromatic carbocycles. The Morgan fingerprint density at radius 3 is 2.65 bits per heavy atom. The number of nitrogens with one attached hydrogen (secondary N) is 1. The van der Waals surface area contributed by atoms with Crippen LogP contribution in [0.5, 0.6) is 0 Å². The maximum Gasteiger partial charge on any atom is 0.0614 e. The Bertz CT molecular complexity index is 420. The van der Waals surface area contributed by atoms with E-state index in [1.165, 1.54) is 4.88 Å². The van der Waals surface area contributed by atoms with Gasteiger partial charge >= 0.3 is 0 Å². The zero-order chi connectivity index (χ0) is 14.6. The number of hydrogen-bond donors (Lipinski definition) is 1. The van der Waals surface area contributed by atoms with E-state index in [2.05, 4.69) is 36.4 Å². The fourth-order valence-electron chi connectivity index (χ4n) is 3.00.